The van der Waals surface area contributed by atoms with Crippen molar-refractivity contribution < 1.29 is 4.39 Å². The third kappa shape index (κ3) is 3.84. The van der Waals surface area contributed by atoms with Crippen LogP contribution < -0.4 is 5.32 Å². The summed E-state index contributed by atoms with van der Waals surface area (Å²) < 4.78 is 13.6. The maximum atomic E-state index is 13.6. The number of likely N-dealkylation sites (N-methyl/N-ethyl adjacent to an activating group) is 1. The van der Waals surface area contributed by atoms with E-state index in [-0.39, 0.29) is 16.9 Å². The number of rotatable bonds is 6. The predicted octanol–water partition coefficient (Wildman–Crippen LogP) is 4.93. The highest BCUT2D eigenvalue weighted by atomic mass is 35.5. The van der Waals surface area contributed by atoms with Gasteiger partial charge in [0, 0.05) is 6.04 Å². The summed E-state index contributed by atoms with van der Waals surface area (Å²) in [5, 5.41) is 3.72. The molecule has 1 N–H and O–H groups in total. The van der Waals surface area contributed by atoms with Crippen LogP contribution in [0.2, 0.25) is 5.02 Å². The summed E-state index contributed by atoms with van der Waals surface area (Å²) in [6, 6.07) is 13.5. The highest BCUT2D eigenvalue weighted by Gasteiger charge is 2.16. The van der Waals surface area contributed by atoms with Gasteiger partial charge >= 0.3 is 0 Å². The minimum Gasteiger partial charge on any atom is -0.310 e. The number of nitrogens with one attached hydrogen (secondary N) is 1. The molecule has 2 aromatic rings. The van der Waals surface area contributed by atoms with E-state index < -0.39 is 0 Å². The summed E-state index contributed by atoms with van der Waals surface area (Å²) in [6.07, 6.45) is 1.66. The Morgan fingerprint density at radius 3 is 2.48 bits per heavy atom. The van der Waals surface area contributed by atoms with E-state index in [1.165, 1.54) is 17.2 Å². The molecular formula is C18H21ClFN. The fourth-order valence-corrected chi connectivity index (χ4v) is 2.86. The smallest absolute Gasteiger partial charge is 0.142 e. The van der Waals surface area contributed by atoms with E-state index >= 15 is 0 Å². The van der Waals surface area contributed by atoms with Crippen LogP contribution in [0.4, 0.5) is 4.39 Å². The molecule has 0 saturated carbocycles. The number of hydrogen-bond acceptors (Lipinski definition) is 1. The second-order valence-electron chi connectivity index (χ2n) is 5.08. The highest BCUT2D eigenvalue weighted by Crippen LogP contribution is 2.27. The molecule has 21 heavy (non-hydrogen) atoms. The van der Waals surface area contributed by atoms with Gasteiger partial charge in [-0.3, -0.25) is 0 Å². The molecule has 0 saturated heterocycles. The zero-order valence-corrected chi connectivity index (χ0v) is 13.3. The zero-order valence-electron chi connectivity index (χ0n) is 12.5. The molecule has 1 unspecified atom stereocenters. The number of benzene rings is 2. The van der Waals surface area contributed by atoms with Gasteiger partial charge in [0.05, 0.1) is 5.02 Å². The Labute approximate surface area is 131 Å². The lowest BCUT2D eigenvalue weighted by molar-refractivity contribution is 0.543. The molecule has 3 heteroatoms. The Kier molecular flexibility index (Phi) is 5.77. The van der Waals surface area contributed by atoms with Gasteiger partial charge in [-0.1, -0.05) is 61.8 Å². The summed E-state index contributed by atoms with van der Waals surface area (Å²) in [6.45, 7) is 5.08. The highest BCUT2D eigenvalue weighted by molar-refractivity contribution is 6.31. The van der Waals surface area contributed by atoms with Gasteiger partial charge in [-0.25, -0.2) is 4.39 Å². The van der Waals surface area contributed by atoms with Gasteiger partial charge in [0.1, 0.15) is 5.82 Å². The first kappa shape index (κ1) is 16.0. The quantitative estimate of drug-likeness (QED) is 0.797. The molecule has 0 bridgehead atoms. The van der Waals surface area contributed by atoms with Gasteiger partial charge in [0.15, 0.2) is 0 Å². The van der Waals surface area contributed by atoms with Crippen molar-refractivity contribution in [3.05, 3.63) is 70.0 Å². The number of aryl methyl sites for hydroxylation is 1. The van der Waals surface area contributed by atoms with E-state index in [2.05, 4.69) is 37.4 Å². The largest absolute Gasteiger partial charge is 0.310 e. The lowest BCUT2D eigenvalue weighted by Crippen LogP contribution is -2.24. The van der Waals surface area contributed by atoms with Crippen molar-refractivity contribution >= 4 is 11.6 Å². The van der Waals surface area contributed by atoms with E-state index in [1.807, 2.05) is 12.1 Å². The topological polar surface area (TPSA) is 12.0 Å². The second-order valence-corrected chi connectivity index (χ2v) is 5.46. The molecule has 0 fully saturated rings. The van der Waals surface area contributed by atoms with Crippen LogP contribution in [-0.4, -0.2) is 6.54 Å². The van der Waals surface area contributed by atoms with Crippen LogP contribution in [-0.2, 0) is 12.8 Å². The van der Waals surface area contributed by atoms with Crippen LogP contribution in [0.5, 0.6) is 0 Å². The van der Waals surface area contributed by atoms with E-state index in [1.54, 1.807) is 6.07 Å². The van der Waals surface area contributed by atoms with Crippen molar-refractivity contribution in [3.63, 3.8) is 0 Å². The maximum Gasteiger partial charge on any atom is 0.142 e. The maximum absolute atomic E-state index is 13.6. The Hall–Kier alpha value is -1.38. The Bertz CT molecular complexity index is 598. The third-order valence-corrected chi connectivity index (χ3v) is 4.14. The summed E-state index contributed by atoms with van der Waals surface area (Å²) in [5.41, 5.74) is 3.42. The summed E-state index contributed by atoms with van der Waals surface area (Å²) >= 11 is 6.10. The molecule has 0 spiro atoms. The summed E-state index contributed by atoms with van der Waals surface area (Å²) in [7, 11) is 0. The molecular weight excluding hydrogens is 285 g/mol. The minimum absolute atomic E-state index is 0.144. The molecule has 2 aromatic carbocycles. The fourth-order valence-electron chi connectivity index (χ4n) is 2.66. The molecule has 0 heterocycles. The van der Waals surface area contributed by atoms with Crippen molar-refractivity contribution in [2.24, 2.45) is 0 Å². The second kappa shape index (κ2) is 7.58. The Morgan fingerprint density at radius 2 is 1.76 bits per heavy atom. The van der Waals surface area contributed by atoms with Gasteiger partial charge in [-0.2, -0.15) is 0 Å². The Morgan fingerprint density at radius 1 is 1.05 bits per heavy atom. The minimum atomic E-state index is -0.354. The van der Waals surface area contributed by atoms with Crippen LogP contribution >= 0.6 is 11.6 Å². The third-order valence-electron chi connectivity index (χ3n) is 3.72. The monoisotopic (exact) mass is 305 g/mol. The van der Waals surface area contributed by atoms with E-state index in [0.29, 0.717) is 6.42 Å². The van der Waals surface area contributed by atoms with Crippen molar-refractivity contribution in [3.8, 4) is 0 Å². The first-order valence-corrected chi connectivity index (χ1v) is 7.79. The lowest BCUT2D eigenvalue weighted by atomic mass is 9.93. The molecule has 0 aromatic heterocycles. The van der Waals surface area contributed by atoms with Crippen LogP contribution in [0.3, 0.4) is 0 Å². The molecule has 1 atom stereocenters. The zero-order chi connectivity index (χ0) is 15.2. The van der Waals surface area contributed by atoms with Crippen LogP contribution in [0, 0.1) is 5.82 Å². The molecule has 0 aliphatic carbocycles. The van der Waals surface area contributed by atoms with Crippen LogP contribution in [0.15, 0.2) is 42.5 Å². The first-order chi connectivity index (χ1) is 10.2. The number of halogens is 2. The average Bonchev–Trinajstić information content (AvgIpc) is 2.51. The van der Waals surface area contributed by atoms with E-state index in [9.17, 15) is 4.39 Å². The van der Waals surface area contributed by atoms with Gasteiger partial charge in [-0.15, -0.1) is 0 Å². The molecule has 112 valence electrons. The van der Waals surface area contributed by atoms with Crippen molar-refractivity contribution in [2.45, 2.75) is 32.7 Å². The van der Waals surface area contributed by atoms with E-state index in [4.69, 9.17) is 11.6 Å². The van der Waals surface area contributed by atoms with Gasteiger partial charge in [0.2, 0.25) is 0 Å². The normalized spacial score (nSPS) is 12.4. The molecule has 0 aliphatic heterocycles. The van der Waals surface area contributed by atoms with Crippen molar-refractivity contribution in [1.82, 2.24) is 5.32 Å². The molecule has 0 aliphatic rings. The van der Waals surface area contributed by atoms with Crippen LogP contribution in [0.25, 0.3) is 0 Å². The predicted molar refractivity (Wildman–Crippen MR) is 87.4 cm³/mol. The van der Waals surface area contributed by atoms with E-state index in [0.717, 1.165) is 18.5 Å². The SMILES string of the molecule is CCNC(Cc1cccc(F)c1Cl)c1ccccc1CC. The molecule has 1 nitrogen and oxygen atoms in total. The standard InChI is InChI=1S/C18H21ClFN/c1-3-13-8-5-6-10-15(13)17(21-4-2)12-14-9-7-11-16(20)18(14)19/h5-11,17,21H,3-4,12H2,1-2H3. The lowest BCUT2D eigenvalue weighted by Gasteiger charge is -2.22. The van der Waals surface area contributed by atoms with Gasteiger partial charge in [-0.05, 0) is 42.1 Å². The van der Waals surface area contributed by atoms with Crippen molar-refractivity contribution in [1.29, 1.82) is 0 Å². The number of hydrogen-bond donors (Lipinski definition) is 1. The Balaban J connectivity index is 2.33. The van der Waals surface area contributed by atoms with Crippen LogP contribution in [0.1, 0.15) is 36.6 Å². The molecule has 2 rings (SSSR count). The van der Waals surface area contributed by atoms with Gasteiger partial charge < -0.3 is 5.32 Å². The van der Waals surface area contributed by atoms with Gasteiger partial charge in [0.25, 0.3) is 0 Å². The average molecular weight is 306 g/mol. The van der Waals surface area contributed by atoms with Crippen molar-refractivity contribution in [2.75, 3.05) is 6.54 Å². The molecule has 0 amide bonds. The first-order valence-electron chi connectivity index (χ1n) is 7.41. The summed E-state index contributed by atoms with van der Waals surface area (Å²) in [4.78, 5) is 0. The molecule has 0 radical (unpaired) electrons. The summed E-state index contributed by atoms with van der Waals surface area (Å²) in [5.74, 6) is -0.354. The fraction of sp³-hybridized carbons (Fsp3) is 0.333.